The van der Waals surface area contributed by atoms with Gasteiger partial charge in [-0.05, 0) is 55.7 Å². The standard InChI is InChI=1S/C20H16BrClN2O2/c1-10-3-4-14(8-17(10)22)23-20(26)16-9-24-11(2)5-12-6-13(21)7-15(18(12)24)19(16)25/h3-4,6-9,11H,5H2,1-2H3,(H,23,26)/t11-/m0/s1. The largest absolute Gasteiger partial charge is 0.343 e. The number of carbonyl (C=O) groups excluding carboxylic acids is 1. The van der Waals surface area contributed by atoms with Crippen molar-refractivity contribution in [2.45, 2.75) is 26.3 Å². The Hall–Kier alpha value is -2.11. The molecule has 0 saturated carbocycles. The predicted molar refractivity (Wildman–Crippen MR) is 108 cm³/mol. The van der Waals surface area contributed by atoms with Crippen LogP contribution in [0, 0.1) is 6.92 Å². The molecule has 4 rings (SSSR count). The summed E-state index contributed by atoms with van der Waals surface area (Å²) in [5.41, 5.74) is 3.40. The van der Waals surface area contributed by atoms with Crippen LogP contribution in [-0.4, -0.2) is 10.5 Å². The van der Waals surface area contributed by atoms with Crippen molar-refractivity contribution < 1.29 is 4.79 Å². The molecule has 1 aliphatic rings. The molecule has 3 aromatic rings. The van der Waals surface area contributed by atoms with E-state index in [1.165, 1.54) is 0 Å². The first-order valence-electron chi connectivity index (χ1n) is 8.30. The summed E-state index contributed by atoms with van der Waals surface area (Å²) in [6.07, 6.45) is 2.51. The lowest BCUT2D eigenvalue weighted by Crippen LogP contribution is -2.23. The van der Waals surface area contributed by atoms with E-state index in [0.29, 0.717) is 16.1 Å². The number of carbonyl (C=O) groups is 1. The molecule has 2 aromatic carbocycles. The Labute approximate surface area is 163 Å². The van der Waals surface area contributed by atoms with Crippen LogP contribution in [0.15, 0.2) is 45.8 Å². The van der Waals surface area contributed by atoms with Gasteiger partial charge in [0.25, 0.3) is 5.91 Å². The van der Waals surface area contributed by atoms with Gasteiger partial charge in [-0.2, -0.15) is 0 Å². The van der Waals surface area contributed by atoms with E-state index in [9.17, 15) is 9.59 Å². The van der Waals surface area contributed by atoms with Crippen LogP contribution in [0.2, 0.25) is 5.02 Å². The van der Waals surface area contributed by atoms with Gasteiger partial charge in [0, 0.05) is 32.8 Å². The van der Waals surface area contributed by atoms with Crippen molar-refractivity contribution in [1.82, 2.24) is 4.57 Å². The number of nitrogens with one attached hydrogen (secondary N) is 1. The zero-order chi connectivity index (χ0) is 18.6. The van der Waals surface area contributed by atoms with Crippen molar-refractivity contribution in [3.8, 4) is 0 Å². The number of aromatic nitrogens is 1. The number of pyridine rings is 1. The molecule has 6 heteroatoms. The predicted octanol–water partition coefficient (Wildman–Crippen LogP) is 5.10. The van der Waals surface area contributed by atoms with Gasteiger partial charge in [-0.25, -0.2) is 0 Å². The molecule has 0 fully saturated rings. The van der Waals surface area contributed by atoms with E-state index >= 15 is 0 Å². The fraction of sp³-hybridized carbons (Fsp3) is 0.200. The maximum Gasteiger partial charge on any atom is 0.261 e. The Balaban J connectivity index is 1.82. The third-order valence-corrected chi connectivity index (χ3v) is 5.70. The molecule has 1 N–H and O–H groups in total. The van der Waals surface area contributed by atoms with Crippen molar-refractivity contribution in [2.75, 3.05) is 5.32 Å². The summed E-state index contributed by atoms with van der Waals surface area (Å²) >= 11 is 9.59. The monoisotopic (exact) mass is 430 g/mol. The van der Waals surface area contributed by atoms with Gasteiger partial charge in [0.2, 0.25) is 5.43 Å². The smallest absolute Gasteiger partial charge is 0.261 e. The SMILES string of the molecule is Cc1ccc(NC(=O)c2cn3c4c(cc(Br)cc4c2=O)C[C@@H]3C)cc1Cl. The number of hydrogen-bond acceptors (Lipinski definition) is 2. The lowest BCUT2D eigenvalue weighted by atomic mass is 10.1. The maximum atomic E-state index is 13.0. The van der Waals surface area contributed by atoms with Crippen molar-refractivity contribution in [1.29, 1.82) is 0 Å². The van der Waals surface area contributed by atoms with Gasteiger partial charge in [0.05, 0.1) is 5.52 Å². The van der Waals surface area contributed by atoms with Crippen molar-refractivity contribution in [3.05, 3.63) is 72.9 Å². The van der Waals surface area contributed by atoms with Crippen molar-refractivity contribution in [3.63, 3.8) is 0 Å². The lowest BCUT2D eigenvalue weighted by molar-refractivity contribution is 0.102. The number of aryl methyl sites for hydroxylation is 1. The van der Waals surface area contributed by atoms with E-state index < -0.39 is 5.91 Å². The molecule has 132 valence electrons. The molecular formula is C20H16BrClN2O2. The summed E-state index contributed by atoms with van der Waals surface area (Å²) in [6, 6.07) is 9.31. The molecule has 0 radical (unpaired) electrons. The van der Waals surface area contributed by atoms with Crippen molar-refractivity contribution >= 4 is 50.0 Å². The van der Waals surface area contributed by atoms with Crippen molar-refractivity contribution in [2.24, 2.45) is 0 Å². The van der Waals surface area contributed by atoms with E-state index in [1.807, 2.05) is 23.6 Å². The molecule has 0 aliphatic carbocycles. The van der Waals surface area contributed by atoms with Crippen LogP contribution < -0.4 is 10.7 Å². The molecule has 1 amide bonds. The fourth-order valence-corrected chi connectivity index (χ4v) is 4.18. The van der Waals surface area contributed by atoms with Gasteiger partial charge < -0.3 is 9.88 Å². The average Bonchev–Trinajstić information content (AvgIpc) is 2.89. The Bertz CT molecular complexity index is 1140. The molecule has 0 saturated heterocycles. The molecule has 0 spiro atoms. The molecule has 0 unspecified atom stereocenters. The average molecular weight is 432 g/mol. The first kappa shape index (κ1) is 17.3. The summed E-state index contributed by atoms with van der Waals surface area (Å²) in [7, 11) is 0. The Morgan fingerprint density at radius 2 is 2.08 bits per heavy atom. The highest BCUT2D eigenvalue weighted by atomic mass is 79.9. The molecule has 1 aliphatic heterocycles. The summed E-state index contributed by atoms with van der Waals surface area (Å²) in [4.78, 5) is 25.7. The Morgan fingerprint density at radius 1 is 1.31 bits per heavy atom. The highest BCUT2D eigenvalue weighted by molar-refractivity contribution is 9.10. The van der Waals surface area contributed by atoms with E-state index in [1.54, 1.807) is 24.4 Å². The number of anilines is 1. The third kappa shape index (κ3) is 2.75. The minimum Gasteiger partial charge on any atom is -0.343 e. The molecule has 26 heavy (non-hydrogen) atoms. The van der Waals surface area contributed by atoms with Crippen LogP contribution in [0.5, 0.6) is 0 Å². The van der Waals surface area contributed by atoms with Gasteiger partial charge in [0.15, 0.2) is 0 Å². The van der Waals surface area contributed by atoms with E-state index in [-0.39, 0.29) is 17.0 Å². The minimum absolute atomic E-state index is 0.131. The zero-order valence-electron chi connectivity index (χ0n) is 14.3. The van der Waals surface area contributed by atoms with Crippen LogP contribution in [0.4, 0.5) is 5.69 Å². The maximum absolute atomic E-state index is 13.0. The number of hydrogen-bond donors (Lipinski definition) is 1. The fourth-order valence-electron chi connectivity index (χ4n) is 3.49. The number of benzene rings is 2. The van der Waals surface area contributed by atoms with Gasteiger partial charge in [-0.1, -0.05) is 33.6 Å². The third-order valence-electron chi connectivity index (χ3n) is 4.83. The Kier molecular flexibility index (Phi) is 4.16. The first-order chi connectivity index (χ1) is 12.3. The molecule has 1 atom stereocenters. The normalized spacial score (nSPS) is 15.5. The van der Waals surface area contributed by atoms with Crippen LogP contribution in [0.3, 0.4) is 0 Å². The molecule has 2 heterocycles. The van der Waals surface area contributed by atoms with Crippen LogP contribution >= 0.6 is 27.5 Å². The summed E-state index contributed by atoms with van der Waals surface area (Å²) in [6.45, 7) is 3.97. The summed E-state index contributed by atoms with van der Waals surface area (Å²) < 4.78 is 2.87. The number of amides is 1. The Morgan fingerprint density at radius 3 is 2.81 bits per heavy atom. The van der Waals surface area contributed by atoms with E-state index in [2.05, 4.69) is 28.2 Å². The van der Waals surface area contributed by atoms with Gasteiger partial charge in [0.1, 0.15) is 5.56 Å². The first-order valence-corrected chi connectivity index (χ1v) is 9.47. The van der Waals surface area contributed by atoms with Crippen LogP contribution in [0.25, 0.3) is 10.9 Å². The number of nitrogens with zero attached hydrogens (tertiary/aromatic N) is 1. The number of halogens is 2. The van der Waals surface area contributed by atoms with Crippen LogP contribution in [0.1, 0.15) is 34.5 Å². The lowest BCUT2D eigenvalue weighted by Gasteiger charge is -2.13. The molecule has 1 aromatic heterocycles. The summed E-state index contributed by atoms with van der Waals surface area (Å²) in [5.74, 6) is -0.429. The number of rotatable bonds is 2. The van der Waals surface area contributed by atoms with E-state index in [0.717, 1.165) is 27.5 Å². The van der Waals surface area contributed by atoms with Gasteiger partial charge in [-0.3, -0.25) is 9.59 Å². The second-order valence-corrected chi connectivity index (χ2v) is 8.03. The molecular weight excluding hydrogens is 416 g/mol. The summed E-state index contributed by atoms with van der Waals surface area (Å²) in [5, 5.41) is 3.91. The second-order valence-electron chi connectivity index (χ2n) is 6.71. The highest BCUT2D eigenvalue weighted by Gasteiger charge is 2.25. The van der Waals surface area contributed by atoms with Gasteiger partial charge in [-0.15, -0.1) is 0 Å². The van der Waals surface area contributed by atoms with Crippen LogP contribution in [-0.2, 0) is 6.42 Å². The topological polar surface area (TPSA) is 51.1 Å². The molecule has 4 nitrogen and oxygen atoms in total. The van der Waals surface area contributed by atoms with Gasteiger partial charge >= 0.3 is 0 Å². The van der Waals surface area contributed by atoms with E-state index in [4.69, 9.17) is 11.6 Å². The zero-order valence-corrected chi connectivity index (χ0v) is 16.6. The minimum atomic E-state index is -0.429. The second kappa shape index (κ2) is 6.25. The molecule has 0 bridgehead atoms. The quantitative estimate of drug-likeness (QED) is 0.614. The highest BCUT2D eigenvalue weighted by Crippen LogP contribution is 2.33.